The Balaban J connectivity index is 2.13. The Morgan fingerprint density at radius 2 is 1.72 bits per heavy atom. The average molecular weight is 631 g/mol. The zero-order valence-corrected chi connectivity index (χ0v) is 26.0. The van der Waals surface area contributed by atoms with E-state index in [1.54, 1.807) is 24.3 Å². The number of carbonyl (C=O) groups excluding carboxylic acids is 2. The highest BCUT2D eigenvalue weighted by Crippen LogP contribution is 2.34. The highest BCUT2D eigenvalue weighted by Gasteiger charge is 2.34. The lowest BCUT2D eigenvalue weighted by atomic mass is 10.0. The van der Waals surface area contributed by atoms with E-state index in [1.165, 1.54) is 24.1 Å². The second-order valence-electron chi connectivity index (χ2n) is 10.1. The first kappa shape index (κ1) is 33.3. The molecule has 43 heavy (non-hydrogen) atoms. The van der Waals surface area contributed by atoms with Crippen molar-refractivity contribution in [2.24, 2.45) is 0 Å². The summed E-state index contributed by atoms with van der Waals surface area (Å²) in [5.74, 6) is -1.10. The maximum absolute atomic E-state index is 14.2. The van der Waals surface area contributed by atoms with Gasteiger partial charge in [0.2, 0.25) is 21.8 Å². The molecular formula is C30H35ClN4O7S. The first-order valence-electron chi connectivity index (χ1n) is 13.5. The molecule has 2 amide bonds. The quantitative estimate of drug-likeness (QED) is 0.203. The van der Waals surface area contributed by atoms with E-state index < -0.39 is 39.3 Å². The Labute approximate surface area is 256 Å². The molecule has 0 saturated carbocycles. The van der Waals surface area contributed by atoms with E-state index in [0.29, 0.717) is 17.0 Å². The number of nitro benzene ring substituents is 1. The highest BCUT2D eigenvalue weighted by molar-refractivity contribution is 7.92. The molecule has 3 aromatic rings. The smallest absolute Gasteiger partial charge is 0.271 e. The third-order valence-electron chi connectivity index (χ3n) is 6.84. The van der Waals surface area contributed by atoms with E-state index in [2.05, 4.69) is 5.32 Å². The Morgan fingerprint density at radius 1 is 1.05 bits per heavy atom. The molecule has 3 rings (SSSR count). The summed E-state index contributed by atoms with van der Waals surface area (Å²) in [6.07, 6.45) is 1.69. The fourth-order valence-electron chi connectivity index (χ4n) is 4.41. The van der Waals surface area contributed by atoms with Crippen LogP contribution in [0.4, 0.5) is 11.4 Å². The standard InChI is InChI=1S/C30H35ClN4O7S/c1-5-21(2)32-30(37)27(17-22-10-7-6-8-11-22)33(19-23-12-9-13-24(31)16-23)29(36)20-34(43(4,40)41)26-18-25(35(38)39)14-15-28(26)42-3/h6-16,18,21,27H,5,17,19-20H2,1-4H3,(H,32,37)/t21-,27+/m1/s1. The molecule has 0 aromatic heterocycles. The van der Waals surface area contributed by atoms with Crippen LogP contribution in [0.15, 0.2) is 72.8 Å². The van der Waals surface area contributed by atoms with Crippen LogP contribution in [0.2, 0.25) is 5.02 Å². The second kappa shape index (κ2) is 14.8. The number of amides is 2. The van der Waals surface area contributed by atoms with Crippen LogP contribution in [0.3, 0.4) is 0 Å². The maximum atomic E-state index is 14.2. The summed E-state index contributed by atoms with van der Waals surface area (Å²) in [5.41, 5.74) is 0.839. The molecule has 13 heteroatoms. The summed E-state index contributed by atoms with van der Waals surface area (Å²) in [6, 6.07) is 18.2. The van der Waals surface area contributed by atoms with Crippen molar-refractivity contribution in [3.05, 3.63) is 99.1 Å². The van der Waals surface area contributed by atoms with Crippen molar-refractivity contribution in [1.82, 2.24) is 10.2 Å². The molecule has 3 aromatic carbocycles. The van der Waals surface area contributed by atoms with E-state index in [9.17, 15) is 28.1 Å². The van der Waals surface area contributed by atoms with Gasteiger partial charge < -0.3 is 15.0 Å². The lowest BCUT2D eigenvalue weighted by Gasteiger charge is -2.34. The SMILES string of the molecule is CC[C@@H](C)NC(=O)[C@H](Cc1ccccc1)N(Cc1cccc(Cl)c1)C(=O)CN(c1cc([N+](=O)[O-])ccc1OC)S(C)(=O)=O. The van der Waals surface area contributed by atoms with Crippen molar-refractivity contribution in [2.45, 2.75) is 45.3 Å². The van der Waals surface area contributed by atoms with Gasteiger partial charge in [-0.3, -0.25) is 24.0 Å². The number of sulfonamides is 1. The minimum Gasteiger partial charge on any atom is -0.495 e. The molecule has 230 valence electrons. The predicted octanol–water partition coefficient (Wildman–Crippen LogP) is 4.58. The molecule has 0 aliphatic heterocycles. The van der Waals surface area contributed by atoms with Crippen LogP contribution in [-0.2, 0) is 32.6 Å². The van der Waals surface area contributed by atoms with Crippen LogP contribution < -0.4 is 14.4 Å². The van der Waals surface area contributed by atoms with Crippen LogP contribution in [0, 0.1) is 10.1 Å². The number of anilines is 1. The number of hydrogen-bond donors (Lipinski definition) is 1. The van der Waals surface area contributed by atoms with Crippen molar-refractivity contribution < 1.29 is 27.7 Å². The minimum absolute atomic E-state index is 0.0144. The number of nitrogens with one attached hydrogen (secondary N) is 1. The fourth-order valence-corrected chi connectivity index (χ4v) is 5.47. The van der Waals surface area contributed by atoms with Gasteiger partial charge in [0.15, 0.2) is 0 Å². The number of carbonyl (C=O) groups is 2. The summed E-state index contributed by atoms with van der Waals surface area (Å²) in [4.78, 5) is 40.1. The summed E-state index contributed by atoms with van der Waals surface area (Å²) < 4.78 is 32.2. The van der Waals surface area contributed by atoms with Gasteiger partial charge in [-0.2, -0.15) is 0 Å². The first-order chi connectivity index (χ1) is 20.3. The van der Waals surface area contributed by atoms with Crippen LogP contribution in [0.25, 0.3) is 0 Å². The number of benzene rings is 3. The first-order valence-corrected chi connectivity index (χ1v) is 15.7. The van der Waals surface area contributed by atoms with Gasteiger partial charge >= 0.3 is 0 Å². The van der Waals surface area contributed by atoms with Gasteiger partial charge in [0.05, 0.1) is 18.3 Å². The Morgan fingerprint density at radius 3 is 2.30 bits per heavy atom. The van der Waals surface area contributed by atoms with Crippen molar-refractivity contribution in [3.8, 4) is 5.75 Å². The molecule has 0 aliphatic carbocycles. The number of nitro groups is 1. The van der Waals surface area contributed by atoms with Crippen molar-refractivity contribution in [3.63, 3.8) is 0 Å². The molecule has 0 bridgehead atoms. The van der Waals surface area contributed by atoms with Gasteiger partial charge in [-0.15, -0.1) is 0 Å². The van der Waals surface area contributed by atoms with E-state index in [1.807, 2.05) is 44.2 Å². The number of rotatable bonds is 14. The van der Waals surface area contributed by atoms with Gasteiger partial charge in [-0.05, 0) is 42.7 Å². The molecule has 11 nitrogen and oxygen atoms in total. The topological polar surface area (TPSA) is 139 Å². The number of methoxy groups -OCH3 is 1. The number of hydrogen-bond acceptors (Lipinski definition) is 7. The fraction of sp³-hybridized carbons (Fsp3) is 0.333. The van der Waals surface area contributed by atoms with Gasteiger partial charge in [-0.1, -0.05) is 61.0 Å². The average Bonchev–Trinajstić information content (AvgIpc) is 2.97. The van der Waals surface area contributed by atoms with Crippen LogP contribution in [-0.4, -0.2) is 62.0 Å². The summed E-state index contributed by atoms with van der Waals surface area (Å²) >= 11 is 6.23. The molecule has 0 fully saturated rings. The zero-order valence-electron chi connectivity index (χ0n) is 24.4. The summed E-state index contributed by atoms with van der Waals surface area (Å²) in [6.45, 7) is 2.95. The Hall–Kier alpha value is -4.16. The van der Waals surface area contributed by atoms with Gasteiger partial charge in [-0.25, -0.2) is 8.42 Å². The number of nitrogens with zero attached hydrogens (tertiary/aromatic N) is 3. The number of non-ortho nitro benzene ring substituents is 1. The predicted molar refractivity (Wildman–Crippen MR) is 166 cm³/mol. The van der Waals surface area contributed by atoms with Gasteiger partial charge in [0.1, 0.15) is 24.0 Å². The minimum atomic E-state index is -4.17. The van der Waals surface area contributed by atoms with Crippen molar-refractivity contribution >= 4 is 44.8 Å². The molecule has 0 aliphatic rings. The monoisotopic (exact) mass is 630 g/mol. The second-order valence-corrected chi connectivity index (χ2v) is 12.4. The third-order valence-corrected chi connectivity index (χ3v) is 8.20. The van der Waals surface area contributed by atoms with Crippen molar-refractivity contribution in [1.29, 1.82) is 0 Å². The summed E-state index contributed by atoms with van der Waals surface area (Å²) in [7, 11) is -2.88. The van der Waals surface area contributed by atoms with Crippen LogP contribution in [0.5, 0.6) is 5.75 Å². The van der Waals surface area contributed by atoms with E-state index >= 15 is 0 Å². The number of ether oxygens (including phenoxy) is 1. The van der Waals surface area contributed by atoms with Crippen LogP contribution >= 0.6 is 11.6 Å². The normalized spacial score (nSPS) is 12.6. The Kier molecular flexibility index (Phi) is 11.5. The highest BCUT2D eigenvalue weighted by atomic mass is 35.5. The zero-order chi connectivity index (χ0) is 31.7. The Bertz CT molecular complexity index is 1550. The lowest BCUT2D eigenvalue weighted by molar-refractivity contribution is -0.384. The molecule has 0 spiro atoms. The van der Waals surface area contributed by atoms with Gasteiger partial charge in [0.25, 0.3) is 5.69 Å². The molecule has 1 N–H and O–H groups in total. The van der Waals surface area contributed by atoms with E-state index in [0.717, 1.165) is 22.2 Å². The molecule has 0 heterocycles. The van der Waals surface area contributed by atoms with Crippen LogP contribution in [0.1, 0.15) is 31.4 Å². The maximum Gasteiger partial charge on any atom is 0.271 e. The largest absolute Gasteiger partial charge is 0.495 e. The molecule has 0 radical (unpaired) electrons. The van der Waals surface area contributed by atoms with E-state index in [-0.39, 0.29) is 36.1 Å². The molecule has 0 unspecified atom stereocenters. The number of halogens is 1. The summed E-state index contributed by atoms with van der Waals surface area (Å²) in [5, 5.41) is 14.9. The molecule has 0 saturated heterocycles. The lowest BCUT2D eigenvalue weighted by Crippen LogP contribution is -2.54. The van der Waals surface area contributed by atoms with Crippen molar-refractivity contribution in [2.75, 3.05) is 24.2 Å². The van der Waals surface area contributed by atoms with E-state index in [4.69, 9.17) is 16.3 Å². The molecular weight excluding hydrogens is 596 g/mol. The molecule has 2 atom stereocenters. The third kappa shape index (κ3) is 9.16. The van der Waals surface area contributed by atoms with Gasteiger partial charge in [0, 0.05) is 36.2 Å².